The molecule has 2 heteroatoms. The molecule has 0 bridgehead atoms. The van der Waals surface area contributed by atoms with Crippen LogP contribution in [0.2, 0.25) is 0 Å². The molecule has 2 atom stereocenters. The van der Waals surface area contributed by atoms with Gasteiger partial charge in [0.25, 0.3) is 0 Å². The van der Waals surface area contributed by atoms with E-state index in [4.69, 9.17) is 5.73 Å². The van der Waals surface area contributed by atoms with Gasteiger partial charge in [0.2, 0.25) is 0 Å². The lowest BCUT2D eigenvalue weighted by Crippen LogP contribution is -2.22. The lowest BCUT2D eigenvalue weighted by atomic mass is 10.1. The van der Waals surface area contributed by atoms with Gasteiger partial charge in [-0.3, -0.25) is 0 Å². The Balaban J connectivity index is 2.06. The van der Waals surface area contributed by atoms with Crippen molar-refractivity contribution >= 4 is 0 Å². The van der Waals surface area contributed by atoms with Gasteiger partial charge in [-0.05, 0) is 38.3 Å². The Bertz CT molecular complexity index is 93.3. The molecular formula is C8H18N2. The van der Waals surface area contributed by atoms with Crippen LogP contribution < -0.4 is 11.1 Å². The van der Waals surface area contributed by atoms with Crippen molar-refractivity contribution in [1.29, 1.82) is 0 Å². The molecule has 0 aromatic heterocycles. The minimum atomic E-state index is 0.489. The van der Waals surface area contributed by atoms with Gasteiger partial charge in [-0.2, -0.15) is 0 Å². The number of hydrogen-bond acceptors (Lipinski definition) is 2. The lowest BCUT2D eigenvalue weighted by Gasteiger charge is -2.08. The van der Waals surface area contributed by atoms with Crippen LogP contribution in [0, 0.1) is 5.92 Å². The Hall–Kier alpha value is -0.0800. The smallest absolute Gasteiger partial charge is 0.00420 e. The third kappa shape index (κ3) is 2.27. The van der Waals surface area contributed by atoms with Crippen molar-refractivity contribution in [1.82, 2.24) is 5.32 Å². The van der Waals surface area contributed by atoms with Crippen LogP contribution in [0.25, 0.3) is 0 Å². The van der Waals surface area contributed by atoms with Crippen LogP contribution in [-0.4, -0.2) is 19.1 Å². The molecule has 60 valence electrons. The van der Waals surface area contributed by atoms with E-state index in [9.17, 15) is 0 Å². The van der Waals surface area contributed by atoms with Gasteiger partial charge in [-0.1, -0.05) is 6.92 Å². The monoisotopic (exact) mass is 142 g/mol. The van der Waals surface area contributed by atoms with Crippen LogP contribution in [0.15, 0.2) is 0 Å². The first kappa shape index (κ1) is 8.02. The highest BCUT2D eigenvalue weighted by atomic mass is 14.9. The zero-order valence-electron chi connectivity index (χ0n) is 6.77. The maximum absolute atomic E-state index is 5.77. The van der Waals surface area contributed by atoms with Crippen molar-refractivity contribution in [2.24, 2.45) is 11.7 Å². The SMILES string of the molecule is CCNCC1CCC(N)C1. The first-order valence-corrected chi connectivity index (χ1v) is 4.29. The molecule has 1 rings (SSSR count). The summed E-state index contributed by atoms with van der Waals surface area (Å²) in [4.78, 5) is 0. The average Bonchev–Trinajstić information content (AvgIpc) is 2.31. The standard InChI is InChI=1S/C8H18N2/c1-2-10-6-7-3-4-8(9)5-7/h7-8,10H,2-6,9H2,1H3. The Labute approximate surface area is 63.2 Å². The average molecular weight is 142 g/mol. The highest BCUT2D eigenvalue weighted by Crippen LogP contribution is 2.22. The van der Waals surface area contributed by atoms with E-state index in [2.05, 4.69) is 12.2 Å². The molecule has 1 aliphatic rings. The molecule has 0 aromatic carbocycles. The highest BCUT2D eigenvalue weighted by Gasteiger charge is 2.20. The number of hydrogen-bond donors (Lipinski definition) is 2. The van der Waals surface area contributed by atoms with Crippen LogP contribution in [-0.2, 0) is 0 Å². The Morgan fingerprint density at radius 3 is 2.80 bits per heavy atom. The third-order valence-electron chi connectivity index (χ3n) is 2.26. The zero-order chi connectivity index (χ0) is 7.40. The topological polar surface area (TPSA) is 38.0 Å². The molecule has 0 aliphatic heterocycles. The maximum Gasteiger partial charge on any atom is 0.00420 e. The highest BCUT2D eigenvalue weighted by molar-refractivity contribution is 4.78. The van der Waals surface area contributed by atoms with Crippen molar-refractivity contribution in [2.45, 2.75) is 32.2 Å². The summed E-state index contributed by atoms with van der Waals surface area (Å²) in [6, 6.07) is 0.489. The number of rotatable bonds is 3. The van der Waals surface area contributed by atoms with Gasteiger partial charge in [0.1, 0.15) is 0 Å². The van der Waals surface area contributed by atoms with E-state index in [-0.39, 0.29) is 0 Å². The summed E-state index contributed by atoms with van der Waals surface area (Å²) < 4.78 is 0. The second-order valence-corrected chi connectivity index (χ2v) is 3.25. The van der Waals surface area contributed by atoms with E-state index in [1.54, 1.807) is 0 Å². The quantitative estimate of drug-likeness (QED) is 0.609. The molecule has 0 heterocycles. The minimum Gasteiger partial charge on any atom is -0.328 e. The van der Waals surface area contributed by atoms with Crippen LogP contribution in [0.5, 0.6) is 0 Å². The van der Waals surface area contributed by atoms with Crippen LogP contribution in [0.3, 0.4) is 0 Å². The fourth-order valence-corrected chi connectivity index (χ4v) is 1.65. The second-order valence-electron chi connectivity index (χ2n) is 3.25. The van der Waals surface area contributed by atoms with Gasteiger partial charge in [0.05, 0.1) is 0 Å². The summed E-state index contributed by atoms with van der Waals surface area (Å²) in [5.41, 5.74) is 5.77. The van der Waals surface area contributed by atoms with Gasteiger partial charge < -0.3 is 11.1 Å². The fraction of sp³-hybridized carbons (Fsp3) is 1.00. The van der Waals surface area contributed by atoms with Crippen molar-refractivity contribution in [3.05, 3.63) is 0 Å². The molecule has 2 nitrogen and oxygen atoms in total. The lowest BCUT2D eigenvalue weighted by molar-refractivity contribution is 0.491. The van der Waals surface area contributed by atoms with Crippen molar-refractivity contribution in [3.63, 3.8) is 0 Å². The number of nitrogens with two attached hydrogens (primary N) is 1. The van der Waals surface area contributed by atoms with Gasteiger partial charge in [-0.15, -0.1) is 0 Å². The van der Waals surface area contributed by atoms with Crippen molar-refractivity contribution < 1.29 is 0 Å². The molecule has 1 aliphatic carbocycles. The van der Waals surface area contributed by atoms with Crippen LogP contribution >= 0.6 is 0 Å². The van der Waals surface area contributed by atoms with Crippen LogP contribution in [0.4, 0.5) is 0 Å². The second kappa shape index (κ2) is 3.94. The molecule has 0 radical (unpaired) electrons. The van der Waals surface area contributed by atoms with Gasteiger partial charge in [0, 0.05) is 6.04 Å². The van der Waals surface area contributed by atoms with Crippen molar-refractivity contribution in [2.75, 3.05) is 13.1 Å². The molecular weight excluding hydrogens is 124 g/mol. The summed E-state index contributed by atoms with van der Waals surface area (Å²) in [5, 5.41) is 3.36. The molecule has 3 N–H and O–H groups in total. The first-order valence-electron chi connectivity index (χ1n) is 4.29. The predicted octanol–water partition coefficient (Wildman–Crippen LogP) is 0.723. The summed E-state index contributed by atoms with van der Waals surface area (Å²) >= 11 is 0. The third-order valence-corrected chi connectivity index (χ3v) is 2.26. The van der Waals surface area contributed by atoms with E-state index in [1.807, 2.05) is 0 Å². The molecule has 10 heavy (non-hydrogen) atoms. The fourth-order valence-electron chi connectivity index (χ4n) is 1.65. The van der Waals surface area contributed by atoms with E-state index in [0.29, 0.717) is 6.04 Å². The summed E-state index contributed by atoms with van der Waals surface area (Å²) in [6.45, 7) is 4.41. The molecule has 1 fully saturated rings. The summed E-state index contributed by atoms with van der Waals surface area (Å²) in [6.07, 6.45) is 3.79. The number of nitrogens with one attached hydrogen (secondary N) is 1. The molecule has 0 saturated heterocycles. The largest absolute Gasteiger partial charge is 0.328 e. The van der Waals surface area contributed by atoms with E-state index < -0.39 is 0 Å². The molecule has 0 aromatic rings. The first-order chi connectivity index (χ1) is 4.83. The van der Waals surface area contributed by atoms with E-state index >= 15 is 0 Å². The maximum atomic E-state index is 5.77. The molecule has 0 amide bonds. The van der Waals surface area contributed by atoms with E-state index in [0.717, 1.165) is 12.5 Å². The van der Waals surface area contributed by atoms with Gasteiger partial charge in [-0.25, -0.2) is 0 Å². The minimum absolute atomic E-state index is 0.489. The Morgan fingerprint density at radius 1 is 1.50 bits per heavy atom. The van der Waals surface area contributed by atoms with Crippen LogP contribution in [0.1, 0.15) is 26.2 Å². The van der Waals surface area contributed by atoms with Gasteiger partial charge in [0.15, 0.2) is 0 Å². The Kier molecular flexibility index (Phi) is 3.16. The molecule has 1 saturated carbocycles. The predicted molar refractivity (Wildman–Crippen MR) is 43.9 cm³/mol. The molecule has 2 unspecified atom stereocenters. The normalized spacial score (nSPS) is 33.0. The van der Waals surface area contributed by atoms with Crippen molar-refractivity contribution in [3.8, 4) is 0 Å². The molecule has 0 spiro atoms. The summed E-state index contributed by atoms with van der Waals surface area (Å²) in [7, 11) is 0. The van der Waals surface area contributed by atoms with Gasteiger partial charge >= 0.3 is 0 Å². The zero-order valence-corrected chi connectivity index (χ0v) is 6.77. The van der Waals surface area contributed by atoms with E-state index in [1.165, 1.54) is 25.8 Å². The summed E-state index contributed by atoms with van der Waals surface area (Å²) in [5.74, 6) is 0.856. The Morgan fingerprint density at radius 2 is 2.30 bits per heavy atom.